The van der Waals surface area contributed by atoms with E-state index < -0.39 is 0 Å². The second-order valence-corrected chi connectivity index (χ2v) is 6.04. The Morgan fingerprint density at radius 1 is 1.25 bits per heavy atom. The molecule has 2 aliphatic rings. The standard InChI is InChI=1S/C14H23BrO/c15-10-5-2-6-13-7-11-16-14(12-13)8-3-1-4-9-14/h2,6,13H,1,3-5,7-12H2. The molecule has 2 fully saturated rings. The molecular formula is C14H23BrO. The highest BCUT2D eigenvalue weighted by atomic mass is 79.9. The molecule has 1 nitrogen and oxygen atoms in total. The van der Waals surface area contributed by atoms with Crippen molar-refractivity contribution in [2.24, 2.45) is 5.92 Å². The van der Waals surface area contributed by atoms with E-state index in [1.807, 2.05) is 0 Å². The van der Waals surface area contributed by atoms with E-state index in [0.717, 1.165) is 24.3 Å². The first kappa shape index (κ1) is 12.6. The normalized spacial score (nSPS) is 29.9. The van der Waals surface area contributed by atoms with Gasteiger partial charge in [-0.25, -0.2) is 0 Å². The molecule has 0 N–H and O–H groups in total. The molecule has 1 aliphatic carbocycles. The maximum absolute atomic E-state index is 6.10. The summed E-state index contributed by atoms with van der Waals surface area (Å²) in [5.74, 6) is 0.769. The Labute approximate surface area is 108 Å². The lowest BCUT2D eigenvalue weighted by atomic mass is 9.76. The first-order chi connectivity index (χ1) is 7.85. The van der Waals surface area contributed by atoms with Crippen molar-refractivity contribution in [1.82, 2.24) is 0 Å². The molecular weight excluding hydrogens is 264 g/mol. The molecule has 0 amide bonds. The van der Waals surface area contributed by atoms with Crippen LogP contribution in [0.2, 0.25) is 0 Å². The van der Waals surface area contributed by atoms with Crippen molar-refractivity contribution in [3.8, 4) is 0 Å². The molecule has 0 radical (unpaired) electrons. The van der Waals surface area contributed by atoms with Gasteiger partial charge in [-0.05, 0) is 38.0 Å². The van der Waals surface area contributed by atoms with Gasteiger partial charge in [0.2, 0.25) is 0 Å². The van der Waals surface area contributed by atoms with Gasteiger partial charge in [-0.15, -0.1) is 0 Å². The molecule has 1 spiro atoms. The van der Waals surface area contributed by atoms with Crippen LogP contribution in [0, 0.1) is 5.92 Å². The minimum absolute atomic E-state index is 0.264. The second-order valence-electron chi connectivity index (χ2n) is 5.25. The first-order valence-corrected chi connectivity index (χ1v) is 7.83. The summed E-state index contributed by atoms with van der Waals surface area (Å²) >= 11 is 3.47. The Kier molecular flexibility index (Phi) is 4.90. The van der Waals surface area contributed by atoms with E-state index >= 15 is 0 Å². The number of rotatable bonds is 3. The van der Waals surface area contributed by atoms with E-state index in [-0.39, 0.29) is 5.60 Å². The molecule has 0 bridgehead atoms. The highest BCUT2D eigenvalue weighted by Crippen LogP contribution is 2.40. The topological polar surface area (TPSA) is 9.23 Å². The van der Waals surface area contributed by atoms with Gasteiger partial charge in [0.25, 0.3) is 0 Å². The summed E-state index contributed by atoms with van der Waals surface area (Å²) in [5, 5.41) is 1.08. The quantitative estimate of drug-likeness (QED) is 0.550. The van der Waals surface area contributed by atoms with Gasteiger partial charge in [-0.1, -0.05) is 47.3 Å². The van der Waals surface area contributed by atoms with Gasteiger partial charge in [-0.3, -0.25) is 0 Å². The van der Waals surface area contributed by atoms with Crippen LogP contribution in [0.4, 0.5) is 0 Å². The van der Waals surface area contributed by atoms with Crippen molar-refractivity contribution >= 4 is 15.9 Å². The maximum Gasteiger partial charge on any atom is 0.0688 e. The van der Waals surface area contributed by atoms with Gasteiger partial charge < -0.3 is 4.74 Å². The van der Waals surface area contributed by atoms with Crippen LogP contribution in [0.25, 0.3) is 0 Å². The summed E-state index contributed by atoms with van der Waals surface area (Å²) in [6, 6.07) is 0. The van der Waals surface area contributed by atoms with E-state index in [2.05, 4.69) is 28.1 Å². The number of hydrogen-bond acceptors (Lipinski definition) is 1. The van der Waals surface area contributed by atoms with Gasteiger partial charge in [0, 0.05) is 11.9 Å². The molecule has 2 rings (SSSR count). The molecule has 1 saturated carbocycles. The molecule has 2 heteroatoms. The summed E-state index contributed by atoms with van der Waals surface area (Å²) in [7, 11) is 0. The van der Waals surface area contributed by atoms with Gasteiger partial charge in [0.1, 0.15) is 0 Å². The SMILES string of the molecule is BrCCC=CC1CCOC2(CCCCC2)C1. The molecule has 0 aromatic rings. The summed E-state index contributed by atoms with van der Waals surface area (Å²) < 4.78 is 6.10. The predicted octanol–water partition coefficient (Wildman–Crippen LogP) is 4.46. The van der Waals surface area contributed by atoms with Gasteiger partial charge in [0.15, 0.2) is 0 Å². The van der Waals surface area contributed by atoms with Crippen LogP contribution >= 0.6 is 15.9 Å². The Hall–Kier alpha value is 0.180. The van der Waals surface area contributed by atoms with Gasteiger partial charge in [-0.2, -0.15) is 0 Å². The number of ether oxygens (including phenoxy) is 1. The molecule has 0 aromatic carbocycles. The van der Waals surface area contributed by atoms with E-state index in [9.17, 15) is 0 Å². The van der Waals surface area contributed by atoms with Crippen molar-refractivity contribution in [3.05, 3.63) is 12.2 Å². The minimum atomic E-state index is 0.264. The fraction of sp³-hybridized carbons (Fsp3) is 0.857. The second kappa shape index (κ2) is 6.20. The van der Waals surface area contributed by atoms with Crippen molar-refractivity contribution in [1.29, 1.82) is 0 Å². The number of allylic oxidation sites excluding steroid dienone is 2. The Balaban J connectivity index is 1.87. The lowest BCUT2D eigenvalue weighted by Crippen LogP contribution is -2.41. The largest absolute Gasteiger partial charge is 0.375 e. The zero-order valence-corrected chi connectivity index (χ0v) is 11.7. The Bertz CT molecular complexity index is 225. The average Bonchev–Trinajstić information content (AvgIpc) is 2.31. The maximum atomic E-state index is 6.10. The molecule has 16 heavy (non-hydrogen) atoms. The Morgan fingerprint density at radius 2 is 2.06 bits per heavy atom. The summed E-state index contributed by atoms with van der Waals surface area (Å²) in [6.45, 7) is 0.976. The van der Waals surface area contributed by atoms with E-state index in [4.69, 9.17) is 4.74 Å². The van der Waals surface area contributed by atoms with Crippen molar-refractivity contribution in [3.63, 3.8) is 0 Å². The molecule has 1 aliphatic heterocycles. The van der Waals surface area contributed by atoms with Crippen molar-refractivity contribution in [2.45, 2.75) is 57.0 Å². The Morgan fingerprint density at radius 3 is 2.81 bits per heavy atom. The molecule has 1 heterocycles. The van der Waals surface area contributed by atoms with E-state index in [1.165, 1.54) is 44.9 Å². The zero-order chi connectivity index (χ0) is 11.3. The van der Waals surface area contributed by atoms with Crippen LogP contribution in [0.3, 0.4) is 0 Å². The fourth-order valence-corrected chi connectivity index (χ4v) is 3.39. The third-order valence-electron chi connectivity index (χ3n) is 3.98. The highest BCUT2D eigenvalue weighted by molar-refractivity contribution is 9.09. The fourth-order valence-electron chi connectivity index (χ4n) is 3.13. The van der Waals surface area contributed by atoms with Gasteiger partial charge in [0.05, 0.1) is 5.60 Å². The van der Waals surface area contributed by atoms with Crippen LogP contribution < -0.4 is 0 Å². The third kappa shape index (κ3) is 3.33. The highest BCUT2D eigenvalue weighted by Gasteiger charge is 2.37. The zero-order valence-electron chi connectivity index (χ0n) is 10.1. The van der Waals surface area contributed by atoms with Crippen LogP contribution in [0.15, 0.2) is 12.2 Å². The number of halogens is 1. The lowest BCUT2D eigenvalue weighted by Gasteiger charge is -2.43. The van der Waals surface area contributed by atoms with Crippen molar-refractivity contribution in [2.75, 3.05) is 11.9 Å². The molecule has 1 saturated heterocycles. The molecule has 0 aromatic heterocycles. The molecule has 1 unspecified atom stereocenters. The average molecular weight is 287 g/mol. The monoisotopic (exact) mass is 286 g/mol. The first-order valence-electron chi connectivity index (χ1n) is 6.71. The summed E-state index contributed by atoms with van der Waals surface area (Å²) in [5.41, 5.74) is 0.264. The van der Waals surface area contributed by atoms with Crippen LogP contribution in [-0.2, 0) is 4.74 Å². The minimum Gasteiger partial charge on any atom is -0.375 e. The van der Waals surface area contributed by atoms with Crippen molar-refractivity contribution < 1.29 is 4.74 Å². The van der Waals surface area contributed by atoms with E-state index in [1.54, 1.807) is 0 Å². The van der Waals surface area contributed by atoms with E-state index in [0.29, 0.717) is 0 Å². The van der Waals surface area contributed by atoms with Gasteiger partial charge >= 0.3 is 0 Å². The summed E-state index contributed by atoms with van der Waals surface area (Å²) in [4.78, 5) is 0. The third-order valence-corrected chi connectivity index (χ3v) is 4.44. The lowest BCUT2D eigenvalue weighted by molar-refractivity contribution is -0.111. The van der Waals surface area contributed by atoms with Crippen LogP contribution in [0.5, 0.6) is 0 Å². The number of hydrogen-bond donors (Lipinski definition) is 0. The number of alkyl halides is 1. The molecule has 1 atom stereocenters. The smallest absolute Gasteiger partial charge is 0.0688 e. The van der Waals surface area contributed by atoms with Crippen LogP contribution in [-0.4, -0.2) is 17.5 Å². The summed E-state index contributed by atoms with van der Waals surface area (Å²) in [6.07, 6.45) is 15.2. The molecule has 92 valence electrons. The predicted molar refractivity (Wildman–Crippen MR) is 72.0 cm³/mol. The van der Waals surface area contributed by atoms with Crippen LogP contribution in [0.1, 0.15) is 51.4 Å².